The van der Waals surface area contributed by atoms with Gasteiger partial charge in [0.2, 0.25) is 0 Å². The van der Waals surface area contributed by atoms with Gasteiger partial charge in [-0.1, -0.05) is 103 Å². The van der Waals surface area contributed by atoms with Crippen LogP contribution in [-0.2, 0) is 14.3 Å². The van der Waals surface area contributed by atoms with Crippen LogP contribution in [0.5, 0.6) is 0 Å². The van der Waals surface area contributed by atoms with Crippen LogP contribution in [0.2, 0.25) is 0 Å². The SMILES string of the molecule is CCCCCCCCCCCC[C@H](O)[C@@H](O)CC[C@H](O)[C@@H]1CC[C@@H](CCCCCCC[C@@H](O)CC2=C[C@@H](C)OC2=O)O1. The summed E-state index contributed by atoms with van der Waals surface area (Å²) in [5.41, 5.74) is 0.600. The van der Waals surface area contributed by atoms with Gasteiger partial charge in [0.1, 0.15) is 6.10 Å². The number of esters is 1. The van der Waals surface area contributed by atoms with Gasteiger partial charge in [0.25, 0.3) is 0 Å². The van der Waals surface area contributed by atoms with Crippen molar-refractivity contribution in [3.8, 4) is 0 Å². The van der Waals surface area contributed by atoms with Crippen LogP contribution in [-0.4, -0.2) is 69.1 Å². The standard InChI is InChI=1S/C35H64O7/c1-3-4-5-6-7-8-9-10-14-17-20-31(37)32(38)22-23-33(39)34-24-21-30(42-34)19-16-13-11-12-15-18-29(36)26-28-25-27(2)41-35(28)40/h25,27,29-34,36-39H,3-24,26H2,1-2H3/t27-,29-,30-,31+,32+,33+,34+/m1/s1. The van der Waals surface area contributed by atoms with Crippen LogP contribution in [0, 0.1) is 0 Å². The monoisotopic (exact) mass is 596 g/mol. The predicted octanol–water partition coefficient (Wildman–Crippen LogP) is 7.06. The average molecular weight is 597 g/mol. The molecule has 246 valence electrons. The lowest BCUT2D eigenvalue weighted by Gasteiger charge is -2.22. The molecule has 2 rings (SSSR count). The van der Waals surface area contributed by atoms with Gasteiger partial charge in [0, 0.05) is 12.0 Å². The normalized spacial score (nSPS) is 23.5. The third-order valence-electron chi connectivity index (χ3n) is 9.14. The van der Waals surface area contributed by atoms with Crippen molar-refractivity contribution in [2.24, 2.45) is 0 Å². The molecule has 0 radical (unpaired) electrons. The van der Waals surface area contributed by atoms with Gasteiger partial charge in [0.05, 0.1) is 36.6 Å². The number of cyclic esters (lactones) is 1. The van der Waals surface area contributed by atoms with Crippen LogP contribution >= 0.6 is 0 Å². The zero-order valence-corrected chi connectivity index (χ0v) is 26.9. The minimum atomic E-state index is -0.781. The van der Waals surface area contributed by atoms with E-state index in [1.54, 1.807) is 6.08 Å². The Labute approximate surface area is 256 Å². The number of carbonyl (C=O) groups excluding carboxylic acids is 1. The molecule has 42 heavy (non-hydrogen) atoms. The topological polar surface area (TPSA) is 116 Å². The highest BCUT2D eigenvalue weighted by Crippen LogP contribution is 2.28. The minimum absolute atomic E-state index is 0.168. The van der Waals surface area contributed by atoms with Gasteiger partial charge in [0.15, 0.2) is 0 Å². The number of hydrogen-bond donors (Lipinski definition) is 4. The van der Waals surface area contributed by atoms with Crippen LogP contribution in [0.25, 0.3) is 0 Å². The number of aliphatic hydroxyl groups excluding tert-OH is 4. The molecule has 0 amide bonds. The van der Waals surface area contributed by atoms with Gasteiger partial charge in [-0.05, 0) is 57.9 Å². The third kappa shape index (κ3) is 16.2. The molecular formula is C35H64O7. The van der Waals surface area contributed by atoms with E-state index in [9.17, 15) is 25.2 Å². The van der Waals surface area contributed by atoms with E-state index in [1.165, 1.54) is 51.4 Å². The largest absolute Gasteiger partial charge is 0.455 e. The fraction of sp³-hybridized carbons (Fsp3) is 0.914. The van der Waals surface area contributed by atoms with Crippen LogP contribution in [0.4, 0.5) is 0 Å². The molecule has 1 fully saturated rings. The van der Waals surface area contributed by atoms with E-state index in [0.29, 0.717) is 37.7 Å². The lowest BCUT2D eigenvalue weighted by atomic mass is 9.97. The maximum atomic E-state index is 11.7. The Kier molecular flexibility index (Phi) is 19.9. The maximum Gasteiger partial charge on any atom is 0.334 e. The van der Waals surface area contributed by atoms with E-state index in [-0.39, 0.29) is 24.3 Å². The van der Waals surface area contributed by atoms with Crippen LogP contribution in [0.1, 0.15) is 162 Å². The molecule has 0 unspecified atom stereocenters. The molecule has 0 bridgehead atoms. The van der Waals surface area contributed by atoms with Gasteiger partial charge < -0.3 is 29.9 Å². The molecule has 4 N–H and O–H groups in total. The number of rotatable bonds is 26. The van der Waals surface area contributed by atoms with E-state index in [4.69, 9.17) is 9.47 Å². The molecular weight excluding hydrogens is 532 g/mol. The zero-order chi connectivity index (χ0) is 30.6. The summed E-state index contributed by atoms with van der Waals surface area (Å²) < 4.78 is 11.2. The summed E-state index contributed by atoms with van der Waals surface area (Å²) in [4.78, 5) is 11.7. The number of ether oxygens (including phenoxy) is 2. The smallest absolute Gasteiger partial charge is 0.334 e. The molecule has 0 saturated carbocycles. The van der Waals surface area contributed by atoms with Crippen molar-refractivity contribution in [2.45, 2.75) is 204 Å². The Hall–Kier alpha value is -0.990. The summed E-state index contributed by atoms with van der Waals surface area (Å²) in [6.07, 6.45) is 22.4. The van der Waals surface area contributed by atoms with Crippen molar-refractivity contribution in [1.29, 1.82) is 0 Å². The molecule has 0 spiro atoms. The van der Waals surface area contributed by atoms with Crippen LogP contribution < -0.4 is 0 Å². The second-order valence-corrected chi connectivity index (χ2v) is 13.1. The summed E-state index contributed by atoms with van der Waals surface area (Å²) in [6.45, 7) is 4.07. The van der Waals surface area contributed by atoms with Gasteiger partial charge in [-0.15, -0.1) is 0 Å². The quantitative estimate of drug-likeness (QED) is 0.0624. The molecule has 7 atom stereocenters. The van der Waals surface area contributed by atoms with E-state index >= 15 is 0 Å². The lowest BCUT2D eigenvalue weighted by molar-refractivity contribution is -0.139. The highest BCUT2D eigenvalue weighted by Gasteiger charge is 2.31. The van der Waals surface area contributed by atoms with E-state index in [0.717, 1.165) is 64.2 Å². The first-order chi connectivity index (χ1) is 20.3. The third-order valence-corrected chi connectivity index (χ3v) is 9.14. The van der Waals surface area contributed by atoms with Gasteiger partial charge in [-0.25, -0.2) is 4.79 Å². The van der Waals surface area contributed by atoms with Gasteiger partial charge >= 0.3 is 5.97 Å². The first-order valence-electron chi connectivity index (χ1n) is 17.6. The molecule has 0 aromatic carbocycles. The Bertz CT molecular complexity index is 726. The fourth-order valence-electron chi connectivity index (χ4n) is 6.40. The maximum absolute atomic E-state index is 11.7. The number of aliphatic hydroxyl groups is 4. The van der Waals surface area contributed by atoms with Crippen molar-refractivity contribution in [3.05, 3.63) is 11.6 Å². The number of carbonyl (C=O) groups is 1. The Balaban J connectivity index is 1.42. The second-order valence-electron chi connectivity index (χ2n) is 13.1. The Morgan fingerprint density at radius 2 is 1.31 bits per heavy atom. The van der Waals surface area contributed by atoms with Crippen molar-refractivity contribution in [2.75, 3.05) is 0 Å². The number of unbranched alkanes of at least 4 members (excludes halogenated alkanes) is 13. The summed E-state index contributed by atoms with van der Waals surface area (Å²) in [5.74, 6) is -0.295. The first-order valence-corrected chi connectivity index (χ1v) is 17.6. The minimum Gasteiger partial charge on any atom is -0.455 e. The molecule has 2 aliphatic heterocycles. The van der Waals surface area contributed by atoms with Crippen molar-refractivity contribution in [3.63, 3.8) is 0 Å². The molecule has 0 aromatic rings. The first kappa shape index (κ1) is 37.2. The highest BCUT2D eigenvalue weighted by atomic mass is 16.5. The molecule has 0 aliphatic carbocycles. The lowest BCUT2D eigenvalue weighted by Crippen LogP contribution is -2.31. The Morgan fingerprint density at radius 1 is 0.738 bits per heavy atom. The fourth-order valence-corrected chi connectivity index (χ4v) is 6.40. The number of hydrogen-bond acceptors (Lipinski definition) is 7. The molecule has 2 heterocycles. The molecule has 1 saturated heterocycles. The van der Waals surface area contributed by atoms with Crippen LogP contribution in [0.3, 0.4) is 0 Å². The van der Waals surface area contributed by atoms with Crippen LogP contribution in [0.15, 0.2) is 11.6 Å². The zero-order valence-electron chi connectivity index (χ0n) is 26.9. The molecule has 7 heteroatoms. The van der Waals surface area contributed by atoms with Gasteiger partial charge in [-0.3, -0.25) is 0 Å². The molecule has 7 nitrogen and oxygen atoms in total. The van der Waals surface area contributed by atoms with E-state index < -0.39 is 24.4 Å². The second kappa shape index (κ2) is 22.5. The highest BCUT2D eigenvalue weighted by molar-refractivity contribution is 5.90. The van der Waals surface area contributed by atoms with Crippen molar-refractivity contribution >= 4 is 5.97 Å². The van der Waals surface area contributed by atoms with Crippen molar-refractivity contribution < 1.29 is 34.7 Å². The molecule has 0 aromatic heterocycles. The van der Waals surface area contributed by atoms with Crippen molar-refractivity contribution in [1.82, 2.24) is 0 Å². The summed E-state index contributed by atoms with van der Waals surface area (Å²) in [5, 5.41) is 41.6. The summed E-state index contributed by atoms with van der Waals surface area (Å²) in [7, 11) is 0. The molecule has 2 aliphatic rings. The van der Waals surface area contributed by atoms with E-state index in [1.807, 2.05) is 6.92 Å². The average Bonchev–Trinajstić information content (AvgIpc) is 3.57. The van der Waals surface area contributed by atoms with Gasteiger partial charge in [-0.2, -0.15) is 0 Å². The van der Waals surface area contributed by atoms with E-state index in [2.05, 4.69) is 6.92 Å². The Morgan fingerprint density at radius 3 is 1.93 bits per heavy atom. The predicted molar refractivity (Wildman–Crippen MR) is 168 cm³/mol. The summed E-state index contributed by atoms with van der Waals surface area (Å²) >= 11 is 0. The summed E-state index contributed by atoms with van der Waals surface area (Å²) in [6, 6.07) is 0.